The van der Waals surface area contributed by atoms with Crippen molar-refractivity contribution in [3.63, 3.8) is 0 Å². The van der Waals surface area contributed by atoms with Crippen molar-refractivity contribution in [3.8, 4) is 5.75 Å². The van der Waals surface area contributed by atoms with Crippen LogP contribution in [0.25, 0.3) is 10.9 Å². The number of fused-ring (bicyclic) bond motifs is 1. The molecule has 0 radical (unpaired) electrons. The SMILES string of the molecule is CC(c1cc(O)c2ncccc2c1)N(C)C. The molecular formula is C13H16N2O. The Balaban J connectivity index is 2.58. The molecule has 0 aliphatic carbocycles. The molecule has 0 aliphatic rings. The van der Waals surface area contributed by atoms with Gasteiger partial charge in [-0.3, -0.25) is 4.98 Å². The van der Waals surface area contributed by atoms with Gasteiger partial charge in [0.05, 0.1) is 0 Å². The number of hydrogen-bond acceptors (Lipinski definition) is 3. The van der Waals surface area contributed by atoms with E-state index in [-0.39, 0.29) is 11.8 Å². The van der Waals surface area contributed by atoms with Crippen LogP contribution >= 0.6 is 0 Å². The second-order valence-electron chi connectivity index (χ2n) is 4.25. The zero-order chi connectivity index (χ0) is 11.7. The van der Waals surface area contributed by atoms with Gasteiger partial charge in [0, 0.05) is 17.6 Å². The van der Waals surface area contributed by atoms with Crippen molar-refractivity contribution in [2.75, 3.05) is 14.1 Å². The van der Waals surface area contributed by atoms with Gasteiger partial charge in [-0.05, 0) is 44.8 Å². The summed E-state index contributed by atoms with van der Waals surface area (Å²) in [5.41, 5.74) is 1.76. The summed E-state index contributed by atoms with van der Waals surface area (Å²) < 4.78 is 0. The summed E-state index contributed by atoms with van der Waals surface area (Å²) in [7, 11) is 4.05. The zero-order valence-corrected chi connectivity index (χ0v) is 9.81. The van der Waals surface area contributed by atoms with Crippen molar-refractivity contribution in [2.24, 2.45) is 0 Å². The van der Waals surface area contributed by atoms with Crippen LogP contribution in [0.4, 0.5) is 0 Å². The third-order valence-corrected chi connectivity index (χ3v) is 2.96. The van der Waals surface area contributed by atoms with Crippen molar-refractivity contribution in [1.29, 1.82) is 0 Å². The monoisotopic (exact) mass is 216 g/mol. The van der Waals surface area contributed by atoms with Gasteiger partial charge in [-0.1, -0.05) is 6.07 Å². The van der Waals surface area contributed by atoms with Crippen LogP contribution in [0.15, 0.2) is 30.5 Å². The highest BCUT2D eigenvalue weighted by Crippen LogP contribution is 2.28. The molecule has 3 heteroatoms. The molecule has 0 fully saturated rings. The van der Waals surface area contributed by atoms with Crippen LogP contribution in [-0.4, -0.2) is 29.1 Å². The van der Waals surface area contributed by atoms with Gasteiger partial charge in [0.15, 0.2) is 0 Å². The molecule has 0 amide bonds. The standard InChI is InChI=1S/C13H16N2O/c1-9(15(2)3)11-7-10-5-4-6-14-13(10)12(16)8-11/h4-9,16H,1-3H3. The van der Waals surface area contributed by atoms with E-state index < -0.39 is 0 Å². The third-order valence-electron chi connectivity index (χ3n) is 2.96. The topological polar surface area (TPSA) is 36.4 Å². The van der Waals surface area contributed by atoms with E-state index in [1.165, 1.54) is 0 Å². The predicted octanol–water partition coefficient (Wildman–Crippen LogP) is 2.56. The summed E-state index contributed by atoms with van der Waals surface area (Å²) in [4.78, 5) is 6.27. The number of hydrogen-bond donors (Lipinski definition) is 1. The van der Waals surface area contributed by atoms with Crippen LogP contribution in [0.5, 0.6) is 5.75 Å². The Morgan fingerprint density at radius 2 is 2.06 bits per heavy atom. The molecule has 0 spiro atoms. The molecule has 0 aliphatic heterocycles. The minimum absolute atomic E-state index is 0.252. The van der Waals surface area contributed by atoms with E-state index in [9.17, 15) is 5.11 Å². The van der Waals surface area contributed by atoms with Crippen molar-refractivity contribution < 1.29 is 5.11 Å². The number of pyridine rings is 1. The maximum atomic E-state index is 9.90. The largest absolute Gasteiger partial charge is 0.506 e. The van der Waals surface area contributed by atoms with E-state index in [4.69, 9.17) is 0 Å². The van der Waals surface area contributed by atoms with Crippen LogP contribution in [-0.2, 0) is 0 Å². The molecule has 0 saturated carbocycles. The lowest BCUT2D eigenvalue weighted by Gasteiger charge is -2.20. The highest BCUT2D eigenvalue weighted by molar-refractivity contribution is 5.84. The highest BCUT2D eigenvalue weighted by Gasteiger charge is 2.11. The Morgan fingerprint density at radius 3 is 2.75 bits per heavy atom. The van der Waals surface area contributed by atoms with Crippen molar-refractivity contribution in [2.45, 2.75) is 13.0 Å². The summed E-state index contributed by atoms with van der Waals surface area (Å²) in [6.45, 7) is 2.11. The van der Waals surface area contributed by atoms with E-state index in [0.717, 1.165) is 10.9 Å². The van der Waals surface area contributed by atoms with Gasteiger partial charge < -0.3 is 10.0 Å². The maximum Gasteiger partial charge on any atom is 0.142 e. The number of rotatable bonds is 2. The van der Waals surface area contributed by atoms with Crippen molar-refractivity contribution >= 4 is 10.9 Å². The summed E-state index contributed by atoms with van der Waals surface area (Å²) in [5.74, 6) is 0.252. The summed E-state index contributed by atoms with van der Waals surface area (Å²) in [6, 6.07) is 7.99. The number of aromatic hydroxyl groups is 1. The molecule has 1 aromatic heterocycles. The van der Waals surface area contributed by atoms with Gasteiger partial charge >= 0.3 is 0 Å². The first-order valence-corrected chi connectivity index (χ1v) is 5.33. The van der Waals surface area contributed by atoms with Crippen LogP contribution < -0.4 is 0 Å². The summed E-state index contributed by atoms with van der Waals surface area (Å²) in [6.07, 6.45) is 1.69. The first-order valence-electron chi connectivity index (χ1n) is 5.33. The fourth-order valence-electron chi connectivity index (χ4n) is 1.74. The van der Waals surface area contributed by atoms with E-state index in [1.807, 2.05) is 26.2 Å². The number of phenols is 1. The molecule has 3 nitrogen and oxygen atoms in total. The zero-order valence-electron chi connectivity index (χ0n) is 9.81. The molecule has 1 N–H and O–H groups in total. The minimum atomic E-state index is 0.252. The Bertz CT molecular complexity index is 508. The van der Waals surface area contributed by atoms with Gasteiger partial charge in [0.1, 0.15) is 11.3 Å². The van der Waals surface area contributed by atoms with Crippen LogP contribution in [0.3, 0.4) is 0 Å². The minimum Gasteiger partial charge on any atom is -0.506 e. The van der Waals surface area contributed by atoms with Crippen molar-refractivity contribution in [3.05, 3.63) is 36.0 Å². The first-order chi connectivity index (χ1) is 7.59. The molecule has 0 saturated heterocycles. The molecule has 1 aromatic carbocycles. The second kappa shape index (κ2) is 4.10. The van der Waals surface area contributed by atoms with E-state index in [1.54, 1.807) is 12.3 Å². The average molecular weight is 216 g/mol. The van der Waals surface area contributed by atoms with E-state index in [2.05, 4.69) is 22.9 Å². The molecular weight excluding hydrogens is 200 g/mol. The molecule has 1 atom stereocenters. The lowest BCUT2D eigenvalue weighted by molar-refractivity contribution is 0.320. The Labute approximate surface area is 95.3 Å². The van der Waals surface area contributed by atoms with Gasteiger partial charge in [0.25, 0.3) is 0 Å². The molecule has 2 aromatic rings. The molecule has 84 valence electrons. The van der Waals surface area contributed by atoms with Gasteiger partial charge in [-0.15, -0.1) is 0 Å². The normalized spacial score (nSPS) is 13.2. The molecule has 0 bridgehead atoms. The van der Waals surface area contributed by atoms with Crippen molar-refractivity contribution in [1.82, 2.24) is 9.88 Å². The maximum absolute atomic E-state index is 9.90. The molecule has 1 heterocycles. The Morgan fingerprint density at radius 1 is 1.31 bits per heavy atom. The summed E-state index contributed by atoms with van der Waals surface area (Å²) >= 11 is 0. The first kappa shape index (κ1) is 10.9. The van der Waals surface area contributed by atoms with Gasteiger partial charge in [0.2, 0.25) is 0 Å². The Hall–Kier alpha value is -1.61. The quantitative estimate of drug-likeness (QED) is 0.838. The number of benzene rings is 1. The smallest absolute Gasteiger partial charge is 0.142 e. The fourth-order valence-corrected chi connectivity index (χ4v) is 1.74. The fraction of sp³-hybridized carbons (Fsp3) is 0.308. The Kier molecular flexibility index (Phi) is 2.79. The van der Waals surface area contributed by atoms with Crippen LogP contribution in [0.1, 0.15) is 18.5 Å². The van der Waals surface area contributed by atoms with Crippen LogP contribution in [0.2, 0.25) is 0 Å². The van der Waals surface area contributed by atoms with E-state index in [0.29, 0.717) is 5.52 Å². The highest BCUT2D eigenvalue weighted by atomic mass is 16.3. The number of nitrogens with zero attached hydrogens (tertiary/aromatic N) is 2. The molecule has 16 heavy (non-hydrogen) atoms. The van der Waals surface area contributed by atoms with Gasteiger partial charge in [-0.2, -0.15) is 0 Å². The number of aromatic nitrogens is 1. The van der Waals surface area contributed by atoms with Crippen LogP contribution in [0, 0.1) is 0 Å². The molecule has 1 unspecified atom stereocenters. The van der Waals surface area contributed by atoms with Gasteiger partial charge in [-0.25, -0.2) is 0 Å². The predicted molar refractivity (Wildman–Crippen MR) is 65.5 cm³/mol. The van der Waals surface area contributed by atoms with E-state index >= 15 is 0 Å². The lowest BCUT2D eigenvalue weighted by atomic mass is 10.0. The summed E-state index contributed by atoms with van der Waals surface area (Å²) in [5, 5.41) is 10.9. The molecule has 2 rings (SSSR count). The lowest BCUT2D eigenvalue weighted by Crippen LogP contribution is -2.16. The second-order valence-corrected chi connectivity index (χ2v) is 4.25. The third kappa shape index (κ3) is 1.86. The number of phenolic OH excluding ortho intramolecular Hbond substituents is 1. The average Bonchev–Trinajstić information content (AvgIpc) is 2.28.